The van der Waals surface area contributed by atoms with E-state index in [1.165, 1.54) is 43.2 Å². The van der Waals surface area contributed by atoms with Gasteiger partial charge in [-0.1, -0.05) is 66.9 Å². The van der Waals surface area contributed by atoms with Crippen LogP contribution < -0.4 is 5.32 Å². The molecule has 0 atom stereocenters. The van der Waals surface area contributed by atoms with Crippen molar-refractivity contribution in [2.75, 3.05) is 5.32 Å². The minimum atomic E-state index is 0.423. The lowest BCUT2D eigenvalue weighted by atomic mass is 9.98. The summed E-state index contributed by atoms with van der Waals surface area (Å²) in [5, 5.41) is 7.44. The second kappa shape index (κ2) is 9.51. The third-order valence-electron chi connectivity index (χ3n) is 5.12. The fourth-order valence-corrected chi connectivity index (χ4v) is 3.61. The summed E-state index contributed by atoms with van der Waals surface area (Å²) in [5.74, 6) is 1.30. The number of rotatable bonds is 8. The van der Waals surface area contributed by atoms with Gasteiger partial charge >= 0.3 is 0 Å². The van der Waals surface area contributed by atoms with E-state index in [9.17, 15) is 0 Å². The summed E-state index contributed by atoms with van der Waals surface area (Å²) in [6.45, 7) is 1.18. The summed E-state index contributed by atoms with van der Waals surface area (Å²) in [7, 11) is 0. The maximum absolute atomic E-state index is 6.08. The highest BCUT2D eigenvalue weighted by Crippen LogP contribution is 2.22. The minimum Gasteiger partial charge on any atom is -0.376 e. The van der Waals surface area contributed by atoms with Crippen molar-refractivity contribution in [3.63, 3.8) is 0 Å². The molecule has 28 heavy (non-hydrogen) atoms. The van der Waals surface area contributed by atoms with Gasteiger partial charge in [0, 0.05) is 12.1 Å². The topological polar surface area (TPSA) is 60.2 Å². The van der Waals surface area contributed by atoms with E-state index in [1.54, 1.807) is 0 Å². The Morgan fingerprint density at radius 1 is 0.964 bits per heavy atom. The molecule has 1 fully saturated rings. The lowest BCUT2D eigenvalue weighted by Gasteiger charge is -2.22. The Kier molecular flexibility index (Phi) is 6.35. The normalized spacial score (nSPS) is 14.9. The average molecular weight is 377 g/mol. The van der Waals surface area contributed by atoms with Crippen LogP contribution in [0.15, 0.2) is 59.1 Å². The smallest absolute Gasteiger partial charge is 0.245 e. The highest BCUT2D eigenvalue weighted by Gasteiger charge is 2.13. The zero-order valence-electron chi connectivity index (χ0n) is 16.1. The first kappa shape index (κ1) is 18.7. The molecule has 1 saturated carbocycles. The van der Waals surface area contributed by atoms with Crippen LogP contribution in [-0.2, 0) is 24.3 Å². The highest BCUT2D eigenvalue weighted by atomic mass is 16.5. The van der Waals surface area contributed by atoms with Crippen molar-refractivity contribution >= 4 is 5.69 Å². The van der Waals surface area contributed by atoms with Gasteiger partial charge in [-0.25, -0.2) is 0 Å². The Balaban J connectivity index is 1.27. The molecule has 0 amide bonds. The van der Waals surface area contributed by atoms with Crippen molar-refractivity contribution in [2.45, 2.75) is 57.8 Å². The number of anilines is 1. The number of benzene rings is 2. The van der Waals surface area contributed by atoms with Gasteiger partial charge < -0.3 is 14.6 Å². The number of aromatic nitrogens is 2. The SMILES string of the molecule is c1ccc(Cc2noc(CNc3cccc(COC4CCCCC4)c3)n2)cc1. The summed E-state index contributed by atoms with van der Waals surface area (Å²) in [4.78, 5) is 4.48. The maximum atomic E-state index is 6.08. The van der Waals surface area contributed by atoms with E-state index in [2.05, 4.69) is 45.8 Å². The second-order valence-corrected chi connectivity index (χ2v) is 7.39. The third-order valence-corrected chi connectivity index (χ3v) is 5.12. The molecule has 146 valence electrons. The largest absolute Gasteiger partial charge is 0.376 e. The average Bonchev–Trinajstić information content (AvgIpc) is 3.20. The monoisotopic (exact) mass is 377 g/mol. The summed E-state index contributed by atoms with van der Waals surface area (Å²) < 4.78 is 11.4. The molecule has 1 heterocycles. The van der Waals surface area contributed by atoms with E-state index < -0.39 is 0 Å². The fraction of sp³-hybridized carbons (Fsp3) is 0.391. The summed E-state index contributed by atoms with van der Waals surface area (Å²) in [6, 6.07) is 18.5. The molecule has 1 N–H and O–H groups in total. The summed E-state index contributed by atoms with van der Waals surface area (Å²) >= 11 is 0. The molecule has 1 aromatic heterocycles. The molecule has 0 saturated heterocycles. The molecule has 0 unspecified atom stereocenters. The molecule has 1 aliphatic rings. The van der Waals surface area contributed by atoms with Gasteiger partial charge in [0.25, 0.3) is 0 Å². The molecule has 2 aromatic carbocycles. The van der Waals surface area contributed by atoms with E-state index in [0.29, 0.717) is 37.4 Å². The van der Waals surface area contributed by atoms with Gasteiger partial charge in [0.15, 0.2) is 5.82 Å². The number of hydrogen-bond donors (Lipinski definition) is 1. The van der Waals surface area contributed by atoms with Crippen LogP contribution in [0.2, 0.25) is 0 Å². The van der Waals surface area contributed by atoms with Gasteiger partial charge in [-0.2, -0.15) is 4.98 Å². The molecule has 0 aliphatic heterocycles. The molecule has 5 nitrogen and oxygen atoms in total. The van der Waals surface area contributed by atoms with Gasteiger partial charge in [-0.05, 0) is 36.1 Å². The van der Waals surface area contributed by atoms with Gasteiger partial charge in [0.2, 0.25) is 5.89 Å². The van der Waals surface area contributed by atoms with Crippen LogP contribution in [0.4, 0.5) is 5.69 Å². The maximum Gasteiger partial charge on any atom is 0.245 e. The van der Waals surface area contributed by atoms with Crippen LogP contribution in [0, 0.1) is 0 Å². The van der Waals surface area contributed by atoms with Crippen molar-refractivity contribution in [1.29, 1.82) is 0 Å². The number of nitrogens with one attached hydrogen (secondary N) is 1. The van der Waals surface area contributed by atoms with Crippen LogP contribution in [-0.4, -0.2) is 16.2 Å². The Morgan fingerprint density at radius 3 is 2.64 bits per heavy atom. The quantitative estimate of drug-likeness (QED) is 0.590. The first-order valence-electron chi connectivity index (χ1n) is 10.1. The van der Waals surface area contributed by atoms with Crippen molar-refractivity contribution < 1.29 is 9.26 Å². The first-order valence-corrected chi connectivity index (χ1v) is 10.1. The molecule has 0 radical (unpaired) electrons. The van der Waals surface area contributed by atoms with E-state index in [1.807, 2.05) is 24.3 Å². The molecule has 5 heteroatoms. The van der Waals surface area contributed by atoms with Crippen molar-refractivity contribution in [1.82, 2.24) is 10.1 Å². The van der Waals surface area contributed by atoms with Crippen molar-refractivity contribution in [3.05, 3.63) is 77.4 Å². The Morgan fingerprint density at radius 2 is 1.79 bits per heavy atom. The number of ether oxygens (including phenoxy) is 1. The van der Waals surface area contributed by atoms with Gasteiger partial charge in [0.05, 0.1) is 19.3 Å². The Bertz CT molecular complexity index is 857. The predicted octanol–water partition coefficient (Wildman–Crippen LogP) is 5.12. The molecule has 3 aromatic rings. The van der Waals surface area contributed by atoms with E-state index in [0.717, 1.165) is 5.69 Å². The molecule has 1 aliphatic carbocycles. The van der Waals surface area contributed by atoms with Gasteiger partial charge in [0.1, 0.15) is 0 Å². The van der Waals surface area contributed by atoms with Crippen molar-refractivity contribution in [3.8, 4) is 0 Å². The Hall–Kier alpha value is -2.66. The molecular weight excluding hydrogens is 350 g/mol. The van der Waals surface area contributed by atoms with Gasteiger partial charge in [-0.3, -0.25) is 0 Å². The lowest BCUT2D eigenvalue weighted by molar-refractivity contribution is 0.0169. The molecular formula is C23H27N3O2. The summed E-state index contributed by atoms with van der Waals surface area (Å²) in [5.41, 5.74) is 3.40. The van der Waals surface area contributed by atoms with Crippen LogP contribution in [0.3, 0.4) is 0 Å². The fourth-order valence-electron chi connectivity index (χ4n) is 3.61. The third kappa shape index (κ3) is 5.42. The zero-order valence-corrected chi connectivity index (χ0v) is 16.1. The number of hydrogen-bond acceptors (Lipinski definition) is 5. The highest BCUT2D eigenvalue weighted by molar-refractivity contribution is 5.45. The van der Waals surface area contributed by atoms with E-state index in [4.69, 9.17) is 9.26 Å². The standard InChI is InChI=1S/C23H27N3O2/c1-3-8-18(9-4-1)15-22-25-23(28-26-22)16-24-20-11-7-10-19(14-20)17-27-21-12-5-2-6-13-21/h1,3-4,7-11,14,21,24H,2,5-6,12-13,15-17H2. The minimum absolute atomic E-state index is 0.423. The van der Waals surface area contributed by atoms with Crippen LogP contribution >= 0.6 is 0 Å². The first-order chi connectivity index (χ1) is 13.8. The Labute approximate surface area is 166 Å². The van der Waals surface area contributed by atoms with Gasteiger partial charge in [-0.15, -0.1) is 0 Å². The molecule has 0 spiro atoms. The molecule has 0 bridgehead atoms. The lowest BCUT2D eigenvalue weighted by Crippen LogP contribution is -2.16. The predicted molar refractivity (Wildman–Crippen MR) is 109 cm³/mol. The van der Waals surface area contributed by atoms with Crippen LogP contribution in [0.1, 0.15) is 54.9 Å². The van der Waals surface area contributed by atoms with E-state index in [-0.39, 0.29) is 0 Å². The second-order valence-electron chi connectivity index (χ2n) is 7.39. The van der Waals surface area contributed by atoms with Crippen molar-refractivity contribution in [2.24, 2.45) is 0 Å². The van der Waals surface area contributed by atoms with Crippen LogP contribution in [0.25, 0.3) is 0 Å². The number of nitrogens with zero attached hydrogens (tertiary/aromatic N) is 2. The van der Waals surface area contributed by atoms with E-state index >= 15 is 0 Å². The summed E-state index contributed by atoms with van der Waals surface area (Å²) in [6.07, 6.45) is 7.43. The van der Waals surface area contributed by atoms with Crippen LogP contribution in [0.5, 0.6) is 0 Å². The zero-order chi connectivity index (χ0) is 19.0. The molecule has 4 rings (SSSR count).